The van der Waals surface area contributed by atoms with Crippen molar-refractivity contribution in [2.75, 3.05) is 0 Å². The molecule has 0 unspecified atom stereocenters. The molecular weight excluding hydrogens is 520 g/mol. The van der Waals surface area contributed by atoms with E-state index in [-0.39, 0.29) is 22.1 Å². The van der Waals surface area contributed by atoms with Crippen LogP contribution in [0.15, 0.2) is 162 Å². The van der Waals surface area contributed by atoms with Gasteiger partial charge in [-0.1, -0.05) is 139 Å². The van der Waals surface area contributed by atoms with Crippen molar-refractivity contribution in [1.29, 1.82) is 0 Å². The Morgan fingerprint density at radius 2 is 0.977 bits per heavy atom. The van der Waals surface area contributed by atoms with Crippen molar-refractivity contribution in [2.45, 2.75) is 0 Å². The SMILES string of the molecule is [2H]c1c([2H])c([2H])c(-c2c3c([2H])c([2H])c([2H])c([2H])c3c(-c3c([2H])c([2H])c4c([2H])c(-c5cccc6c5oc5ccccc56)c([2H])c([2H])c4c3[2H])c3c([2H])c([2H])c([2H])c([2H])c23)c([2H])c1[2H]. The summed E-state index contributed by atoms with van der Waals surface area (Å²) in [5.41, 5.74) is -1.51. The molecule has 0 radical (unpaired) electrons. The summed E-state index contributed by atoms with van der Waals surface area (Å²) in [6.07, 6.45) is 0. The summed E-state index contributed by atoms with van der Waals surface area (Å²) in [7, 11) is 0. The maximum Gasteiger partial charge on any atom is 0.143 e. The smallest absolute Gasteiger partial charge is 0.143 e. The summed E-state index contributed by atoms with van der Waals surface area (Å²) in [6.45, 7) is 0. The summed E-state index contributed by atoms with van der Waals surface area (Å²) >= 11 is 0. The van der Waals surface area contributed by atoms with Gasteiger partial charge >= 0.3 is 0 Å². The minimum atomic E-state index is -0.867. The van der Waals surface area contributed by atoms with Gasteiger partial charge in [-0.05, 0) is 78.3 Å². The van der Waals surface area contributed by atoms with Crippen LogP contribution in [-0.2, 0) is 0 Å². The molecule has 0 atom stereocenters. The third kappa shape index (κ3) is 3.72. The highest BCUT2D eigenvalue weighted by molar-refractivity contribution is 6.21. The molecule has 1 heterocycles. The molecule has 0 fully saturated rings. The Kier molecular flexibility index (Phi) is 2.61. The molecule has 0 amide bonds. The van der Waals surface area contributed by atoms with Crippen LogP contribution in [0, 0.1) is 0 Å². The number of rotatable bonds is 3. The molecule has 8 aromatic carbocycles. The number of fused-ring (bicyclic) bond motifs is 6. The van der Waals surface area contributed by atoms with Crippen LogP contribution in [0.4, 0.5) is 0 Å². The second-order valence-corrected chi connectivity index (χ2v) is 9.78. The molecular formula is C42H26O. The zero-order valence-corrected chi connectivity index (χ0v) is 21.9. The van der Waals surface area contributed by atoms with E-state index in [2.05, 4.69) is 0 Å². The van der Waals surface area contributed by atoms with Gasteiger partial charge in [0, 0.05) is 16.3 Å². The highest BCUT2D eigenvalue weighted by Gasteiger charge is 2.17. The summed E-state index contributed by atoms with van der Waals surface area (Å²) in [6, 6.07) is -2.95. The molecule has 0 spiro atoms. The monoisotopic (exact) mass is 565 g/mol. The first-order chi connectivity index (χ1) is 29.3. The van der Waals surface area contributed by atoms with Crippen LogP contribution >= 0.6 is 0 Å². The maximum absolute atomic E-state index is 9.66. The average molecular weight is 566 g/mol. The number of hydrogen-bond donors (Lipinski definition) is 0. The topological polar surface area (TPSA) is 13.1 Å². The Labute approximate surface area is 275 Å². The molecule has 1 aromatic heterocycles. The van der Waals surface area contributed by atoms with Gasteiger partial charge in [0.05, 0.1) is 26.0 Å². The van der Waals surface area contributed by atoms with Crippen molar-refractivity contribution in [2.24, 2.45) is 0 Å². The fraction of sp³-hybridized carbons (Fsp3) is 0. The third-order valence-corrected chi connectivity index (χ3v) is 7.42. The molecule has 0 aliphatic heterocycles. The molecule has 200 valence electrons. The third-order valence-electron chi connectivity index (χ3n) is 7.42. The molecule has 9 aromatic rings. The zero-order chi connectivity index (χ0) is 44.9. The standard InChI is InChI=1S/C42H26O/c1-2-11-27(12-3-1)40-34-14-4-6-16-36(34)41(37-17-7-5-15-35(37)40)31-24-22-28-25-30(23-21-29(28)26-31)32-18-10-19-38-33-13-8-9-20-39(33)43-42(32)38/h1-26H/i1D,2D,3D,4D,5D,6D,7D,11D,12D,14D,15D,16D,17D,21D,22D,23D,24D,25D,26D. The number of para-hydroxylation sites is 2. The predicted molar refractivity (Wildman–Crippen MR) is 183 cm³/mol. The van der Waals surface area contributed by atoms with Crippen molar-refractivity contribution in [3.63, 3.8) is 0 Å². The van der Waals surface area contributed by atoms with Gasteiger partial charge < -0.3 is 4.42 Å². The van der Waals surface area contributed by atoms with E-state index in [1.807, 2.05) is 12.1 Å². The van der Waals surface area contributed by atoms with E-state index in [0.29, 0.717) is 11.0 Å². The Bertz CT molecular complexity index is 3460. The number of benzene rings is 8. The van der Waals surface area contributed by atoms with Crippen molar-refractivity contribution in [1.82, 2.24) is 0 Å². The molecule has 0 saturated heterocycles. The maximum atomic E-state index is 9.66. The summed E-state index contributed by atoms with van der Waals surface area (Å²) in [5.74, 6) is 0. The van der Waals surface area contributed by atoms with Crippen molar-refractivity contribution in [3.05, 3.63) is 157 Å². The van der Waals surface area contributed by atoms with Gasteiger partial charge in [-0.25, -0.2) is 0 Å². The highest BCUT2D eigenvalue weighted by atomic mass is 16.3. The first kappa shape index (κ1) is 11.9. The van der Waals surface area contributed by atoms with Gasteiger partial charge in [-0.3, -0.25) is 0 Å². The minimum Gasteiger partial charge on any atom is -0.455 e. The van der Waals surface area contributed by atoms with Crippen molar-refractivity contribution >= 4 is 54.3 Å². The van der Waals surface area contributed by atoms with Gasteiger partial charge in [0.1, 0.15) is 11.2 Å². The largest absolute Gasteiger partial charge is 0.455 e. The van der Waals surface area contributed by atoms with Crippen LogP contribution in [0.1, 0.15) is 26.0 Å². The fourth-order valence-electron chi connectivity index (χ4n) is 5.58. The van der Waals surface area contributed by atoms with Gasteiger partial charge in [-0.2, -0.15) is 0 Å². The Morgan fingerprint density at radius 1 is 0.419 bits per heavy atom. The highest BCUT2D eigenvalue weighted by Crippen LogP contribution is 2.44. The van der Waals surface area contributed by atoms with E-state index in [1.54, 1.807) is 30.3 Å². The summed E-state index contributed by atoms with van der Waals surface area (Å²) < 4.78 is 177. The van der Waals surface area contributed by atoms with Crippen molar-refractivity contribution in [3.8, 4) is 33.4 Å². The zero-order valence-electron chi connectivity index (χ0n) is 40.9. The van der Waals surface area contributed by atoms with E-state index in [9.17, 15) is 13.7 Å². The molecule has 0 aliphatic rings. The van der Waals surface area contributed by atoms with E-state index in [0.717, 1.165) is 5.39 Å². The van der Waals surface area contributed by atoms with Gasteiger partial charge in [0.2, 0.25) is 0 Å². The van der Waals surface area contributed by atoms with Gasteiger partial charge in [0.15, 0.2) is 0 Å². The van der Waals surface area contributed by atoms with E-state index >= 15 is 0 Å². The Balaban J connectivity index is 1.52. The van der Waals surface area contributed by atoms with Crippen LogP contribution in [0.3, 0.4) is 0 Å². The molecule has 1 heteroatoms. The number of furan rings is 1. The molecule has 0 aliphatic carbocycles. The van der Waals surface area contributed by atoms with Crippen LogP contribution < -0.4 is 0 Å². The Morgan fingerprint density at radius 3 is 1.67 bits per heavy atom. The molecule has 1 nitrogen and oxygen atoms in total. The molecule has 43 heavy (non-hydrogen) atoms. The second kappa shape index (κ2) is 9.44. The first-order valence-corrected chi connectivity index (χ1v) is 13.2. The lowest BCUT2D eigenvalue weighted by molar-refractivity contribution is 0.670. The predicted octanol–water partition coefficient (Wildman–Crippen LogP) is 12.0. The van der Waals surface area contributed by atoms with Crippen LogP contribution in [0.25, 0.3) is 87.6 Å². The van der Waals surface area contributed by atoms with E-state index < -0.39 is 164 Å². The van der Waals surface area contributed by atoms with E-state index in [4.69, 9.17) is 16.8 Å². The lowest BCUT2D eigenvalue weighted by Gasteiger charge is -2.18. The summed E-state index contributed by atoms with van der Waals surface area (Å²) in [5, 5.41) is -1.77. The minimum absolute atomic E-state index is 0.130. The first-order valence-electron chi connectivity index (χ1n) is 22.7. The lowest BCUT2D eigenvalue weighted by atomic mass is 9.85. The van der Waals surface area contributed by atoms with Crippen molar-refractivity contribution < 1.29 is 30.5 Å². The fourth-order valence-corrected chi connectivity index (χ4v) is 5.58. The van der Waals surface area contributed by atoms with Crippen LogP contribution in [-0.4, -0.2) is 0 Å². The Hall–Kier alpha value is -5.66. The average Bonchev–Trinajstić information content (AvgIpc) is 3.64. The normalized spacial score (nSPS) is 17.9. The summed E-state index contributed by atoms with van der Waals surface area (Å²) in [4.78, 5) is 0. The van der Waals surface area contributed by atoms with Crippen LogP contribution in [0.5, 0.6) is 0 Å². The molecule has 9 rings (SSSR count). The number of hydrogen-bond acceptors (Lipinski definition) is 1. The lowest BCUT2D eigenvalue weighted by Crippen LogP contribution is -1.90. The quantitative estimate of drug-likeness (QED) is 0.194. The molecule has 0 bridgehead atoms. The van der Waals surface area contributed by atoms with Gasteiger partial charge in [-0.15, -0.1) is 0 Å². The van der Waals surface area contributed by atoms with Gasteiger partial charge in [0.25, 0.3) is 0 Å². The molecule has 0 saturated carbocycles. The van der Waals surface area contributed by atoms with E-state index in [1.165, 1.54) is 0 Å². The van der Waals surface area contributed by atoms with Crippen LogP contribution in [0.2, 0.25) is 0 Å². The second-order valence-electron chi connectivity index (χ2n) is 9.78. The molecule has 0 N–H and O–H groups in total.